The van der Waals surface area contributed by atoms with Gasteiger partial charge in [-0.1, -0.05) is 0 Å². The number of piperidine rings is 1. The van der Waals surface area contributed by atoms with Gasteiger partial charge in [0.1, 0.15) is 0 Å². The van der Waals surface area contributed by atoms with Crippen LogP contribution in [0.4, 0.5) is 5.69 Å². The van der Waals surface area contributed by atoms with E-state index in [1.807, 2.05) is 11.8 Å². The van der Waals surface area contributed by atoms with Gasteiger partial charge in [0.25, 0.3) is 5.69 Å². The third-order valence-corrected chi connectivity index (χ3v) is 6.75. The molecular weight excluding hydrogens is 390 g/mol. The van der Waals surface area contributed by atoms with Gasteiger partial charge in [-0.2, -0.15) is 0 Å². The maximum absolute atomic E-state index is 12.8. The number of nitrogens with zero attached hydrogens (tertiary/aromatic N) is 3. The minimum Gasteiger partial charge on any atom is -0.373 e. The van der Waals surface area contributed by atoms with Gasteiger partial charge in [0.05, 0.1) is 22.4 Å². The van der Waals surface area contributed by atoms with E-state index in [1.165, 1.54) is 23.9 Å². The Morgan fingerprint density at radius 2 is 1.79 bits per heavy atom. The molecule has 0 aromatic heterocycles. The second-order valence-corrected chi connectivity index (χ2v) is 9.67. The van der Waals surface area contributed by atoms with E-state index >= 15 is 0 Å². The van der Waals surface area contributed by atoms with Crippen molar-refractivity contribution >= 4 is 23.4 Å². The molecule has 1 amide bonds. The van der Waals surface area contributed by atoms with Gasteiger partial charge in [0, 0.05) is 49.8 Å². The SMILES string of the molecule is CC1CN(CC2CCN(C(=O)C(C)Sc3ccc([N+](=O)[O-])cc3)CC2)CC(C)O1. The number of thioether (sulfide) groups is 1. The van der Waals surface area contributed by atoms with Gasteiger partial charge >= 0.3 is 0 Å². The molecule has 2 aliphatic heterocycles. The summed E-state index contributed by atoms with van der Waals surface area (Å²) in [5, 5.41) is 10.6. The lowest BCUT2D eigenvalue weighted by Crippen LogP contribution is -2.49. The lowest BCUT2D eigenvalue weighted by Gasteiger charge is -2.39. The molecule has 7 nitrogen and oxygen atoms in total. The summed E-state index contributed by atoms with van der Waals surface area (Å²) < 4.78 is 5.82. The van der Waals surface area contributed by atoms with Crippen LogP contribution in [0.2, 0.25) is 0 Å². The summed E-state index contributed by atoms with van der Waals surface area (Å²) in [5.74, 6) is 0.787. The fourth-order valence-electron chi connectivity index (χ4n) is 4.29. The first-order valence-electron chi connectivity index (χ1n) is 10.4. The number of nitro groups is 1. The number of hydrogen-bond acceptors (Lipinski definition) is 6. The van der Waals surface area contributed by atoms with Crippen molar-refractivity contribution in [3.05, 3.63) is 34.4 Å². The van der Waals surface area contributed by atoms with Gasteiger partial charge in [0.2, 0.25) is 5.91 Å². The van der Waals surface area contributed by atoms with Crippen molar-refractivity contribution in [3.8, 4) is 0 Å². The number of benzene rings is 1. The third kappa shape index (κ3) is 6.17. The molecule has 0 bridgehead atoms. The molecule has 1 aromatic carbocycles. The van der Waals surface area contributed by atoms with Gasteiger partial charge in [0.15, 0.2) is 0 Å². The molecule has 160 valence electrons. The standard InChI is InChI=1S/C21H31N3O4S/c1-15-12-22(13-16(2)28-15)14-18-8-10-23(11-9-18)21(25)17(3)29-20-6-4-19(5-7-20)24(26)27/h4-7,15-18H,8-14H2,1-3H3. The zero-order chi connectivity index (χ0) is 21.0. The third-order valence-electron chi connectivity index (χ3n) is 5.65. The summed E-state index contributed by atoms with van der Waals surface area (Å²) in [5.41, 5.74) is 0.0689. The van der Waals surface area contributed by atoms with E-state index in [-0.39, 0.29) is 29.1 Å². The molecule has 0 radical (unpaired) electrons. The first kappa shape index (κ1) is 22.1. The van der Waals surface area contributed by atoms with Crippen molar-refractivity contribution in [2.45, 2.75) is 56.0 Å². The summed E-state index contributed by atoms with van der Waals surface area (Å²) in [6.45, 7) is 10.9. The monoisotopic (exact) mass is 421 g/mol. The number of likely N-dealkylation sites (tertiary alicyclic amines) is 1. The molecule has 1 aromatic rings. The Hall–Kier alpha value is -1.64. The van der Waals surface area contributed by atoms with Crippen LogP contribution in [0.3, 0.4) is 0 Å². The zero-order valence-electron chi connectivity index (χ0n) is 17.5. The molecule has 3 rings (SSSR count). The van der Waals surface area contributed by atoms with Crippen LogP contribution < -0.4 is 0 Å². The van der Waals surface area contributed by atoms with Gasteiger partial charge in [-0.05, 0) is 51.7 Å². The van der Waals surface area contributed by atoms with E-state index < -0.39 is 4.92 Å². The van der Waals surface area contributed by atoms with Crippen LogP contribution in [0.25, 0.3) is 0 Å². The van der Waals surface area contributed by atoms with E-state index in [1.54, 1.807) is 12.1 Å². The minimum absolute atomic E-state index is 0.0689. The first-order valence-corrected chi connectivity index (χ1v) is 11.3. The lowest BCUT2D eigenvalue weighted by atomic mass is 9.95. The Labute approximate surface area is 176 Å². The second kappa shape index (κ2) is 9.91. The molecule has 0 spiro atoms. The number of non-ortho nitro benzene ring substituents is 1. The summed E-state index contributed by atoms with van der Waals surface area (Å²) in [6, 6.07) is 6.39. The van der Waals surface area contributed by atoms with Gasteiger partial charge in [-0.15, -0.1) is 11.8 Å². The van der Waals surface area contributed by atoms with E-state index in [2.05, 4.69) is 18.7 Å². The molecule has 0 saturated carbocycles. The summed E-state index contributed by atoms with van der Waals surface area (Å²) >= 11 is 1.46. The molecule has 3 unspecified atom stereocenters. The van der Waals surface area contributed by atoms with Crippen LogP contribution in [0.15, 0.2) is 29.2 Å². The number of amides is 1. The van der Waals surface area contributed by atoms with Crippen molar-refractivity contribution in [1.82, 2.24) is 9.80 Å². The number of carbonyl (C=O) groups excluding carboxylic acids is 1. The smallest absolute Gasteiger partial charge is 0.269 e. The number of rotatable bonds is 6. The van der Waals surface area contributed by atoms with Crippen molar-refractivity contribution in [2.24, 2.45) is 5.92 Å². The largest absolute Gasteiger partial charge is 0.373 e. The quantitative estimate of drug-likeness (QED) is 0.398. The summed E-state index contributed by atoms with van der Waals surface area (Å²) in [7, 11) is 0. The molecule has 0 aliphatic carbocycles. The molecule has 2 fully saturated rings. The fourth-order valence-corrected chi connectivity index (χ4v) is 5.24. The van der Waals surface area contributed by atoms with E-state index in [4.69, 9.17) is 4.74 Å². The summed E-state index contributed by atoms with van der Waals surface area (Å²) in [4.78, 5) is 28.5. The van der Waals surface area contributed by atoms with Crippen LogP contribution in [0.1, 0.15) is 33.6 Å². The second-order valence-electron chi connectivity index (χ2n) is 8.26. The highest BCUT2D eigenvalue weighted by atomic mass is 32.2. The molecule has 2 aliphatic rings. The molecule has 29 heavy (non-hydrogen) atoms. The van der Waals surface area contributed by atoms with Crippen LogP contribution in [0, 0.1) is 16.0 Å². The van der Waals surface area contributed by atoms with E-state index in [0.717, 1.165) is 50.5 Å². The highest BCUT2D eigenvalue weighted by molar-refractivity contribution is 8.00. The average Bonchev–Trinajstić information content (AvgIpc) is 2.67. The maximum atomic E-state index is 12.8. The predicted octanol–water partition coefficient (Wildman–Crippen LogP) is 3.42. The number of morpholine rings is 1. The van der Waals surface area contributed by atoms with Gasteiger partial charge in [-0.3, -0.25) is 19.8 Å². The fraction of sp³-hybridized carbons (Fsp3) is 0.667. The minimum atomic E-state index is -0.411. The van der Waals surface area contributed by atoms with E-state index in [9.17, 15) is 14.9 Å². The van der Waals surface area contributed by atoms with Crippen molar-refractivity contribution in [3.63, 3.8) is 0 Å². The van der Waals surface area contributed by atoms with Crippen molar-refractivity contribution < 1.29 is 14.5 Å². The van der Waals surface area contributed by atoms with Crippen molar-refractivity contribution in [2.75, 3.05) is 32.7 Å². The number of hydrogen-bond donors (Lipinski definition) is 0. The van der Waals surface area contributed by atoms with Crippen molar-refractivity contribution in [1.29, 1.82) is 0 Å². The Kier molecular flexibility index (Phi) is 7.54. The number of nitro benzene ring substituents is 1. The number of ether oxygens (including phenoxy) is 1. The topological polar surface area (TPSA) is 75.9 Å². The Morgan fingerprint density at radius 1 is 1.21 bits per heavy atom. The highest BCUT2D eigenvalue weighted by Gasteiger charge is 2.29. The lowest BCUT2D eigenvalue weighted by molar-refractivity contribution is -0.384. The Bertz CT molecular complexity index is 696. The maximum Gasteiger partial charge on any atom is 0.269 e. The molecule has 3 atom stereocenters. The molecule has 0 N–H and O–H groups in total. The first-order chi connectivity index (χ1) is 13.8. The molecular formula is C21H31N3O4S. The van der Waals surface area contributed by atoms with Crippen LogP contribution in [-0.2, 0) is 9.53 Å². The average molecular weight is 422 g/mol. The van der Waals surface area contributed by atoms with Crippen LogP contribution in [0.5, 0.6) is 0 Å². The predicted molar refractivity (Wildman–Crippen MR) is 114 cm³/mol. The number of carbonyl (C=O) groups is 1. The highest BCUT2D eigenvalue weighted by Crippen LogP contribution is 2.28. The summed E-state index contributed by atoms with van der Waals surface area (Å²) in [6.07, 6.45) is 2.66. The Morgan fingerprint density at radius 3 is 2.34 bits per heavy atom. The zero-order valence-corrected chi connectivity index (χ0v) is 18.3. The molecule has 2 saturated heterocycles. The van der Waals surface area contributed by atoms with Gasteiger partial charge in [-0.25, -0.2) is 0 Å². The van der Waals surface area contributed by atoms with Gasteiger partial charge < -0.3 is 9.64 Å². The molecule has 2 heterocycles. The molecule has 8 heteroatoms. The van der Waals surface area contributed by atoms with Crippen LogP contribution >= 0.6 is 11.8 Å². The Balaban J connectivity index is 1.44. The normalized spacial score (nSPS) is 25.0. The van der Waals surface area contributed by atoms with E-state index in [0.29, 0.717) is 5.92 Å². The van der Waals surface area contributed by atoms with Crippen LogP contribution in [-0.4, -0.2) is 70.8 Å².